The van der Waals surface area contributed by atoms with Crippen LogP contribution in [-0.2, 0) is 9.53 Å². The van der Waals surface area contributed by atoms with Gasteiger partial charge in [0, 0.05) is 0 Å². The van der Waals surface area contributed by atoms with Gasteiger partial charge in [0.1, 0.15) is 5.75 Å². The number of carbonyl (C=O) groups is 2. The van der Waals surface area contributed by atoms with Crippen molar-refractivity contribution < 1.29 is 19.1 Å². The molecular formula is C14H15NO4. The molecule has 100 valence electrons. The molecule has 0 saturated heterocycles. The van der Waals surface area contributed by atoms with E-state index in [4.69, 9.17) is 15.9 Å². The largest absolute Gasteiger partial charge is 0.484 e. The summed E-state index contributed by atoms with van der Waals surface area (Å²) in [7, 11) is 0. The Hall–Kier alpha value is -2.48. The molecule has 0 radical (unpaired) electrons. The number of esters is 1. The molecule has 0 spiro atoms. The first-order chi connectivity index (χ1) is 9.17. The van der Waals surface area contributed by atoms with E-state index in [2.05, 4.69) is 11.2 Å². The average Bonchev–Trinajstić information content (AvgIpc) is 2.43. The van der Waals surface area contributed by atoms with Crippen LogP contribution in [0.3, 0.4) is 0 Å². The Morgan fingerprint density at radius 2 is 2.00 bits per heavy atom. The summed E-state index contributed by atoms with van der Waals surface area (Å²) in [6.07, 6.45) is 5.00. The van der Waals surface area contributed by atoms with E-state index in [1.165, 1.54) is 0 Å². The van der Waals surface area contributed by atoms with Gasteiger partial charge >= 0.3 is 5.97 Å². The molecule has 1 aromatic carbocycles. The molecule has 1 aromatic rings. The minimum atomic E-state index is -0.388. The highest BCUT2D eigenvalue weighted by molar-refractivity contribution is 5.89. The van der Waals surface area contributed by atoms with Gasteiger partial charge in [-0.3, -0.25) is 4.79 Å². The number of carbonyl (C=O) groups excluding carboxylic acids is 2. The van der Waals surface area contributed by atoms with Crippen LogP contribution in [0.4, 0.5) is 0 Å². The number of rotatable bonds is 6. The molecule has 0 aliphatic heterocycles. The monoisotopic (exact) mass is 261 g/mol. The molecular weight excluding hydrogens is 246 g/mol. The summed E-state index contributed by atoms with van der Waals surface area (Å²) < 4.78 is 10.1. The molecule has 0 saturated carbocycles. The highest BCUT2D eigenvalue weighted by atomic mass is 16.5. The minimum Gasteiger partial charge on any atom is -0.484 e. The van der Waals surface area contributed by atoms with Crippen LogP contribution in [0.15, 0.2) is 24.3 Å². The summed E-state index contributed by atoms with van der Waals surface area (Å²) >= 11 is 0. The van der Waals surface area contributed by atoms with Gasteiger partial charge in [-0.05, 0) is 31.2 Å². The fourth-order valence-corrected chi connectivity index (χ4v) is 1.25. The van der Waals surface area contributed by atoms with Crippen molar-refractivity contribution in [3.63, 3.8) is 0 Å². The molecule has 0 heterocycles. The molecule has 0 fully saturated rings. The lowest BCUT2D eigenvalue weighted by molar-refractivity contribution is -0.122. The Labute approximate surface area is 111 Å². The van der Waals surface area contributed by atoms with Gasteiger partial charge in [0.2, 0.25) is 0 Å². The predicted molar refractivity (Wildman–Crippen MR) is 69.7 cm³/mol. The normalized spacial score (nSPS) is 9.26. The van der Waals surface area contributed by atoms with Crippen LogP contribution in [0, 0.1) is 12.3 Å². The lowest BCUT2D eigenvalue weighted by Gasteiger charge is -2.06. The van der Waals surface area contributed by atoms with Gasteiger partial charge in [-0.25, -0.2) is 4.79 Å². The summed E-state index contributed by atoms with van der Waals surface area (Å²) in [6, 6.07) is 6.35. The summed E-state index contributed by atoms with van der Waals surface area (Å²) in [6.45, 7) is 2.11. The van der Waals surface area contributed by atoms with Gasteiger partial charge in [0.25, 0.3) is 5.91 Å². The van der Waals surface area contributed by atoms with E-state index in [0.29, 0.717) is 17.9 Å². The van der Waals surface area contributed by atoms with Crippen molar-refractivity contribution in [1.29, 1.82) is 0 Å². The van der Waals surface area contributed by atoms with Crippen molar-refractivity contribution in [3.8, 4) is 18.1 Å². The molecule has 1 N–H and O–H groups in total. The molecule has 5 heteroatoms. The standard InChI is InChI=1S/C14H15NO4/c1-3-9-15-13(16)10-19-12-7-5-11(6-8-12)14(17)18-4-2/h1,5-8H,4,9-10H2,2H3,(H,15,16). The van der Waals surface area contributed by atoms with Crippen LogP contribution in [0.25, 0.3) is 0 Å². The Morgan fingerprint density at radius 3 is 2.58 bits per heavy atom. The van der Waals surface area contributed by atoms with Crippen LogP contribution < -0.4 is 10.1 Å². The van der Waals surface area contributed by atoms with Crippen molar-refractivity contribution in [2.24, 2.45) is 0 Å². The number of benzene rings is 1. The second-order valence-electron chi connectivity index (χ2n) is 3.51. The highest BCUT2D eigenvalue weighted by Crippen LogP contribution is 2.12. The maximum absolute atomic E-state index is 11.4. The summed E-state index contributed by atoms with van der Waals surface area (Å²) in [4.78, 5) is 22.6. The Kier molecular flexibility index (Phi) is 5.96. The van der Waals surface area contributed by atoms with E-state index in [0.717, 1.165) is 0 Å². The zero-order valence-corrected chi connectivity index (χ0v) is 10.6. The second-order valence-corrected chi connectivity index (χ2v) is 3.51. The first-order valence-corrected chi connectivity index (χ1v) is 5.77. The first-order valence-electron chi connectivity index (χ1n) is 5.77. The molecule has 0 unspecified atom stereocenters. The number of hydrogen-bond donors (Lipinski definition) is 1. The molecule has 0 atom stereocenters. The highest BCUT2D eigenvalue weighted by Gasteiger charge is 2.06. The molecule has 19 heavy (non-hydrogen) atoms. The molecule has 0 aliphatic carbocycles. The second kappa shape index (κ2) is 7.77. The number of amides is 1. The quantitative estimate of drug-likeness (QED) is 0.612. The van der Waals surface area contributed by atoms with Gasteiger partial charge in [-0.1, -0.05) is 5.92 Å². The molecule has 0 aromatic heterocycles. The number of ether oxygens (including phenoxy) is 2. The molecule has 1 rings (SSSR count). The lowest BCUT2D eigenvalue weighted by Crippen LogP contribution is -2.29. The lowest BCUT2D eigenvalue weighted by atomic mass is 10.2. The smallest absolute Gasteiger partial charge is 0.338 e. The van der Waals surface area contributed by atoms with Crippen molar-refractivity contribution in [3.05, 3.63) is 29.8 Å². The van der Waals surface area contributed by atoms with Crippen LogP contribution in [0.2, 0.25) is 0 Å². The minimum absolute atomic E-state index is 0.125. The summed E-state index contributed by atoms with van der Waals surface area (Å²) in [5.41, 5.74) is 0.436. The van der Waals surface area contributed by atoms with E-state index in [1.807, 2.05) is 0 Å². The van der Waals surface area contributed by atoms with Gasteiger partial charge < -0.3 is 14.8 Å². The predicted octanol–water partition coefficient (Wildman–Crippen LogP) is 0.991. The van der Waals surface area contributed by atoms with Crippen LogP contribution in [0.1, 0.15) is 17.3 Å². The summed E-state index contributed by atoms with van der Waals surface area (Å²) in [5.74, 6) is 2.09. The third-order valence-electron chi connectivity index (χ3n) is 2.12. The molecule has 1 amide bonds. The third-order valence-corrected chi connectivity index (χ3v) is 2.12. The summed E-state index contributed by atoms with van der Waals surface area (Å²) in [5, 5.41) is 2.47. The zero-order valence-electron chi connectivity index (χ0n) is 10.6. The van der Waals surface area contributed by atoms with E-state index >= 15 is 0 Å². The van der Waals surface area contributed by atoms with Crippen LogP contribution >= 0.6 is 0 Å². The van der Waals surface area contributed by atoms with Gasteiger partial charge in [0.05, 0.1) is 18.7 Å². The zero-order chi connectivity index (χ0) is 14.1. The van der Waals surface area contributed by atoms with Gasteiger partial charge in [0.15, 0.2) is 6.61 Å². The number of terminal acetylenes is 1. The molecule has 0 bridgehead atoms. The van der Waals surface area contributed by atoms with Crippen molar-refractivity contribution in [1.82, 2.24) is 5.32 Å². The topological polar surface area (TPSA) is 64.6 Å². The number of nitrogens with one attached hydrogen (secondary N) is 1. The van der Waals surface area contributed by atoms with E-state index in [9.17, 15) is 9.59 Å². The van der Waals surface area contributed by atoms with Gasteiger partial charge in [-0.2, -0.15) is 0 Å². The first kappa shape index (κ1) is 14.6. The maximum atomic E-state index is 11.4. The Bertz CT molecular complexity index is 473. The van der Waals surface area contributed by atoms with Crippen molar-refractivity contribution >= 4 is 11.9 Å². The average molecular weight is 261 g/mol. The van der Waals surface area contributed by atoms with Crippen molar-refractivity contribution in [2.75, 3.05) is 19.8 Å². The Balaban J connectivity index is 2.46. The fourth-order valence-electron chi connectivity index (χ4n) is 1.25. The molecule has 5 nitrogen and oxygen atoms in total. The number of hydrogen-bond acceptors (Lipinski definition) is 4. The fraction of sp³-hybridized carbons (Fsp3) is 0.286. The SMILES string of the molecule is C#CCNC(=O)COc1ccc(C(=O)OCC)cc1. The van der Waals surface area contributed by atoms with Gasteiger partial charge in [-0.15, -0.1) is 6.42 Å². The van der Waals surface area contributed by atoms with E-state index < -0.39 is 0 Å². The van der Waals surface area contributed by atoms with Crippen LogP contribution in [0.5, 0.6) is 5.75 Å². The van der Waals surface area contributed by atoms with E-state index in [1.54, 1.807) is 31.2 Å². The van der Waals surface area contributed by atoms with E-state index in [-0.39, 0.29) is 25.0 Å². The van der Waals surface area contributed by atoms with Crippen LogP contribution in [-0.4, -0.2) is 31.6 Å². The maximum Gasteiger partial charge on any atom is 0.338 e. The third kappa shape index (κ3) is 5.13. The molecule has 0 aliphatic rings. The Morgan fingerprint density at radius 1 is 1.32 bits per heavy atom. The van der Waals surface area contributed by atoms with Crippen molar-refractivity contribution in [2.45, 2.75) is 6.92 Å².